The van der Waals surface area contributed by atoms with E-state index in [0.717, 1.165) is 5.65 Å². The quantitative estimate of drug-likeness (QED) is 0.696. The highest BCUT2D eigenvalue weighted by atomic mass is 16.2. The minimum Gasteiger partial charge on any atom is -0.345 e. The Morgan fingerprint density at radius 3 is 2.36 bits per heavy atom. The Kier molecular flexibility index (Phi) is 3.47. The molecule has 2 heterocycles. The fourth-order valence-corrected chi connectivity index (χ4v) is 2.27. The second-order valence-electron chi connectivity index (χ2n) is 5.18. The SMILES string of the molecule is CN(C)C(=O)c1ccc(C(=O)c2cnc3ccccn23)cc1. The van der Waals surface area contributed by atoms with Crippen molar-refractivity contribution in [3.63, 3.8) is 0 Å². The lowest BCUT2D eigenvalue weighted by molar-refractivity contribution is 0.0827. The van der Waals surface area contributed by atoms with Crippen molar-refractivity contribution in [2.24, 2.45) is 0 Å². The lowest BCUT2D eigenvalue weighted by atomic mass is 10.1. The molecule has 5 heteroatoms. The third-order valence-corrected chi connectivity index (χ3v) is 3.45. The number of benzene rings is 1. The van der Waals surface area contributed by atoms with Crippen LogP contribution in [0.3, 0.4) is 0 Å². The van der Waals surface area contributed by atoms with Crippen LogP contribution in [-0.4, -0.2) is 40.1 Å². The Bertz CT molecular complexity index is 848. The van der Waals surface area contributed by atoms with Gasteiger partial charge in [0.15, 0.2) is 0 Å². The zero-order chi connectivity index (χ0) is 15.7. The Morgan fingerprint density at radius 2 is 1.68 bits per heavy atom. The first kappa shape index (κ1) is 14.0. The highest BCUT2D eigenvalue weighted by Crippen LogP contribution is 2.14. The summed E-state index contributed by atoms with van der Waals surface area (Å²) in [5.41, 5.74) is 2.31. The molecule has 0 atom stereocenters. The van der Waals surface area contributed by atoms with Crippen molar-refractivity contribution in [1.29, 1.82) is 0 Å². The molecule has 0 aliphatic carbocycles. The summed E-state index contributed by atoms with van der Waals surface area (Å²) < 4.78 is 1.75. The number of carbonyl (C=O) groups excluding carboxylic acids is 2. The molecular formula is C17H15N3O2. The highest BCUT2D eigenvalue weighted by molar-refractivity contribution is 6.08. The Morgan fingerprint density at radius 1 is 1.00 bits per heavy atom. The number of carbonyl (C=O) groups is 2. The van der Waals surface area contributed by atoms with Gasteiger partial charge >= 0.3 is 0 Å². The maximum atomic E-state index is 12.6. The maximum Gasteiger partial charge on any atom is 0.253 e. The van der Waals surface area contributed by atoms with Crippen molar-refractivity contribution >= 4 is 17.3 Å². The van der Waals surface area contributed by atoms with E-state index in [2.05, 4.69) is 4.98 Å². The van der Waals surface area contributed by atoms with Gasteiger partial charge in [0.2, 0.25) is 5.78 Å². The van der Waals surface area contributed by atoms with E-state index in [9.17, 15) is 9.59 Å². The fraction of sp³-hybridized carbons (Fsp3) is 0.118. The van der Waals surface area contributed by atoms with Gasteiger partial charge in [0.1, 0.15) is 11.3 Å². The number of imidazole rings is 1. The number of ketones is 1. The number of hydrogen-bond donors (Lipinski definition) is 0. The van der Waals surface area contributed by atoms with Crippen molar-refractivity contribution < 1.29 is 9.59 Å². The molecule has 110 valence electrons. The topological polar surface area (TPSA) is 54.7 Å². The Balaban J connectivity index is 1.94. The summed E-state index contributed by atoms with van der Waals surface area (Å²) in [6, 6.07) is 12.2. The van der Waals surface area contributed by atoms with Gasteiger partial charge in [-0.3, -0.25) is 14.0 Å². The molecule has 5 nitrogen and oxygen atoms in total. The van der Waals surface area contributed by atoms with Crippen LogP contribution in [0.5, 0.6) is 0 Å². The van der Waals surface area contributed by atoms with Crippen molar-refractivity contribution in [1.82, 2.24) is 14.3 Å². The molecule has 0 aliphatic rings. The Labute approximate surface area is 127 Å². The molecule has 0 saturated heterocycles. The van der Waals surface area contributed by atoms with Crippen LogP contribution in [0.25, 0.3) is 5.65 Å². The van der Waals surface area contributed by atoms with Crippen LogP contribution in [-0.2, 0) is 0 Å². The molecule has 2 aromatic heterocycles. The van der Waals surface area contributed by atoms with Gasteiger partial charge in [-0.25, -0.2) is 4.98 Å². The van der Waals surface area contributed by atoms with Crippen molar-refractivity contribution in [3.05, 3.63) is 71.7 Å². The van der Waals surface area contributed by atoms with Gasteiger partial charge < -0.3 is 4.90 Å². The van der Waals surface area contributed by atoms with Gasteiger partial charge in [0, 0.05) is 31.4 Å². The van der Waals surface area contributed by atoms with E-state index in [1.807, 2.05) is 18.2 Å². The number of hydrogen-bond acceptors (Lipinski definition) is 3. The van der Waals surface area contributed by atoms with E-state index in [1.165, 1.54) is 4.90 Å². The molecule has 1 amide bonds. The third kappa shape index (κ3) is 2.37. The van der Waals surface area contributed by atoms with Crippen molar-refractivity contribution in [3.8, 4) is 0 Å². The van der Waals surface area contributed by atoms with Crippen LogP contribution in [0.4, 0.5) is 0 Å². The average Bonchev–Trinajstić information content (AvgIpc) is 2.97. The monoisotopic (exact) mass is 293 g/mol. The zero-order valence-electron chi connectivity index (χ0n) is 12.4. The van der Waals surface area contributed by atoms with Crippen LogP contribution < -0.4 is 0 Å². The molecule has 0 saturated carbocycles. The summed E-state index contributed by atoms with van der Waals surface area (Å²) in [6.07, 6.45) is 3.37. The van der Waals surface area contributed by atoms with E-state index in [4.69, 9.17) is 0 Å². The number of aromatic nitrogens is 2. The fourth-order valence-electron chi connectivity index (χ4n) is 2.27. The van der Waals surface area contributed by atoms with Gasteiger partial charge in [-0.15, -0.1) is 0 Å². The summed E-state index contributed by atoms with van der Waals surface area (Å²) in [4.78, 5) is 30.2. The third-order valence-electron chi connectivity index (χ3n) is 3.45. The standard InChI is InChI=1S/C17H15N3O2/c1-19(2)17(22)13-8-6-12(7-9-13)16(21)14-11-18-15-5-3-4-10-20(14)15/h3-11H,1-2H3. The van der Waals surface area contributed by atoms with Gasteiger partial charge in [-0.2, -0.15) is 0 Å². The largest absolute Gasteiger partial charge is 0.345 e. The molecule has 0 N–H and O–H groups in total. The van der Waals surface area contributed by atoms with E-state index in [0.29, 0.717) is 16.8 Å². The molecule has 0 bridgehead atoms. The van der Waals surface area contributed by atoms with Gasteiger partial charge in [0.05, 0.1) is 6.20 Å². The zero-order valence-corrected chi connectivity index (χ0v) is 12.4. The average molecular weight is 293 g/mol. The minimum absolute atomic E-state index is 0.0891. The summed E-state index contributed by atoms with van der Waals surface area (Å²) in [6.45, 7) is 0. The van der Waals surface area contributed by atoms with Crippen molar-refractivity contribution in [2.75, 3.05) is 14.1 Å². The smallest absolute Gasteiger partial charge is 0.253 e. The van der Waals surface area contributed by atoms with E-state index < -0.39 is 0 Å². The van der Waals surface area contributed by atoms with E-state index in [-0.39, 0.29) is 11.7 Å². The number of pyridine rings is 1. The van der Waals surface area contributed by atoms with E-state index >= 15 is 0 Å². The molecule has 1 aromatic carbocycles. The van der Waals surface area contributed by atoms with Crippen LogP contribution in [0.2, 0.25) is 0 Å². The molecule has 0 radical (unpaired) electrons. The summed E-state index contributed by atoms with van der Waals surface area (Å²) in [5, 5.41) is 0. The number of nitrogens with zero attached hydrogens (tertiary/aromatic N) is 3. The Hall–Kier alpha value is -2.95. The second-order valence-corrected chi connectivity index (χ2v) is 5.18. The minimum atomic E-state index is -0.123. The molecule has 0 aliphatic heterocycles. The van der Waals surface area contributed by atoms with Gasteiger partial charge in [-0.05, 0) is 24.3 Å². The van der Waals surface area contributed by atoms with Crippen LogP contribution in [0, 0.1) is 0 Å². The maximum absolute atomic E-state index is 12.6. The normalized spacial score (nSPS) is 10.6. The number of rotatable bonds is 3. The molecule has 22 heavy (non-hydrogen) atoms. The molecule has 3 aromatic rings. The molecule has 0 spiro atoms. The predicted molar refractivity (Wildman–Crippen MR) is 83.1 cm³/mol. The summed E-state index contributed by atoms with van der Waals surface area (Å²) >= 11 is 0. The van der Waals surface area contributed by atoms with Gasteiger partial charge in [0.25, 0.3) is 5.91 Å². The van der Waals surface area contributed by atoms with Crippen LogP contribution >= 0.6 is 0 Å². The van der Waals surface area contributed by atoms with E-state index in [1.54, 1.807) is 55.2 Å². The highest BCUT2D eigenvalue weighted by Gasteiger charge is 2.15. The van der Waals surface area contributed by atoms with Crippen molar-refractivity contribution in [2.45, 2.75) is 0 Å². The number of fused-ring (bicyclic) bond motifs is 1. The molecule has 0 unspecified atom stereocenters. The van der Waals surface area contributed by atoms with Crippen LogP contribution in [0.1, 0.15) is 26.4 Å². The first-order chi connectivity index (χ1) is 10.6. The predicted octanol–water partition coefficient (Wildman–Crippen LogP) is 2.27. The first-order valence-corrected chi connectivity index (χ1v) is 6.86. The first-order valence-electron chi connectivity index (χ1n) is 6.86. The summed E-state index contributed by atoms with van der Waals surface area (Å²) in [7, 11) is 3.39. The number of amides is 1. The molecule has 3 rings (SSSR count). The lowest BCUT2D eigenvalue weighted by Crippen LogP contribution is -2.21. The second kappa shape index (κ2) is 5.44. The lowest BCUT2D eigenvalue weighted by Gasteiger charge is -2.10. The van der Waals surface area contributed by atoms with Gasteiger partial charge in [-0.1, -0.05) is 18.2 Å². The van der Waals surface area contributed by atoms with Crippen LogP contribution in [0.15, 0.2) is 54.9 Å². The molecule has 0 fully saturated rings. The molecular weight excluding hydrogens is 278 g/mol. The summed E-state index contributed by atoms with van der Waals surface area (Å²) in [5.74, 6) is -0.212.